The molecule has 1 aliphatic carbocycles. The van der Waals surface area contributed by atoms with Gasteiger partial charge < -0.3 is 21.3 Å². The number of rotatable bonds is 8. The van der Waals surface area contributed by atoms with Crippen LogP contribution in [0.5, 0.6) is 0 Å². The Hall–Kier alpha value is -3.72. The molecule has 0 spiro atoms. The number of carbonyl (C=O) groups excluding carboxylic acids is 3. The fourth-order valence-electron chi connectivity index (χ4n) is 6.35. The lowest BCUT2D eigenvalue weighted by molar-refractivity contribution is -0.122. The van der Waals surface area contributed by atoms with Crippen molar-refractivity contribution < 1.29 is 18.8 Å². The molecule has 1 fully saturated rings. The number of halogens is 1. The van der Waals surface area contributed by atoms with Crippen molar-refractivity contribution in [3.05, 3.63) is 53.5 Å². The molecule has 2 heterocycles. The predicted molar refractivity (Wildman–Crippen MR) is 160 cm³/mol. The SMILES string of the molecule is CN(C)CCC(=O)NC1CCC(Nc2cc(-c3c4n(c5cc(F)ccc35)C(=O)CC(C)(C)C4)ccc2C(N)=O)CC1. The molecule has 2 amide bonds. The number of anilines is 1. The van der Waals surface area contributed by atoms with Gasteiger partial charge in [-0.3, -0.25) is 19.0 Å². The van der Waals surface area contributed by atoms with Crippen molar-refractivity contribution in [2.45, 2.75) is 70.9 Å². The van der Waals surface area contributed by atoms with Crippen LogP contribution in [0.15, 0.2) is 36.4 Å². The molecule has 1 aliphatic heterocycles. The summed E-state index contributed by atoms with van der Waals surface area (Å²) in [5, 5.41) is 7.51. The Bertz CT molecular complexity index is 1500. The van der Waals surface area contributed by atoms with Crippen LogP contribution in [0.25, 0.3) is 22.0 Å². The van der Waals surface area contributed by atoms with Crippen LogP contribution in [0.2, 0.25) is 0 Å². The third-order valence-electron chi connectivity index (χ3n) is 8.37. The fraction of sp³-hybridized carbons (Fsp3) is 0.469. The van der Waals surface area contributed by atoms with Gasteiger partial charge in [0.25, 0.3) is 5.91 Å². The number of nitrogens with zero attached hydrogens (tertiary/aromatic N) is 2. The number of hydrogen-bond acceptors (Lipinski definition) is 5. The van der Waals surface area contributed by atoms with Gasteiger partial charge in [-0.2, -0.15) is 0 Å². The van der Waals surface area contributed by atoms with Crippen LogP contribution in [-0.2, 0) is 11.2 Å². The molecule has 2 aromatic carbocycles. The van der Waals surface area contributed by atoms with E-state index in [2.05, 4.69) is 24.5 Å². The summed E-state index contributed by atoms with van der Waals surface area (Å²) < 4.78 is 16.0. The van der Waals surface area contributed by atoms with Crippen molar-refractivity contribution in [3.8, 4) is 11.1 Å². The lowest BCUT2D eigenvalue weighted by Crippen LogP contribution is -2.41. The number of nitrogens with two attached hydrogens (primary N) is 1. The highest BCUT2D eigenvalue weighted by molar-refractivity contribution is 6.06. The summed E-state index contributed by atoms with van der Waals surface area (Å²) in [6, 6.07) is 10.4. The Balaban J connectivity index is 1.43. The number of hydrogen-bond donors (Lipinski definition) is 3. The summed E-state index contributed by atoms with van der Waals surface area (Å²) in [7, 11) is 3.90. The maximum Gasteiger partial charge on any atom is 0.250 e. The molecule has 0 radical (unpaired) electrons. The third kappa shape index (κ3) is 6.15. The highest BCUT2D eigenvalue weighted by atomic mass is 19.1. The normalized spacial score (nSPS) is 20.2. The van der Waals surface area contributed by atoms with Gasteiger partial charge in [0, 0.05) is 53.8 Å². The van der Waals surface area contributed by atoms with Crippen molar-refractivity contribution in [3.63, 3.8) is 0 Å². The zero-order valence-electron chi connectivity index (χ0n) is 24.4. The first-order valence-electron chi connectivity index (χ1n) is 14.4. The van der Waals surface area contributed by atoms with Gasteiger partial charge in [-0.25, -0.2) is 4.39 Å². The Labute approximate surface area is 240 Å². The molecule has 9 heteroatoms. The molecular weight excluding hydrogens is 521 g/mol. The largest absolute Gasteiger partial charge is 0.382 e. The van der Waals surface area contributed by atoms with E-state index in [4.69, 9.17) is 5.73 Å². The standard InChI is InChI=1S/C32H40FN5O3/c1-32(2)17-27-30(24-12-6-20(33)16-26(24)38(27)29(40)18-32)19-5-11-23(31(34)41)25(15-19)35-21-7-9-22(10-8-21)36-28(39)13-14-37(3)4/h5-6,11-12,15-16,21-22,35H,7-10,13-14,17-18H2,1-4H3,(H2,34,41)(H,36,39). The van der Waals surface area contributed by atoms with Crippen molar-refractivity contribution in [2.24, 2.45) is 11.1 Å². The molecule has 8 nitrogen and oxygen atoms in total. The van der Waals surface area contributed by atoms with Gasteiger partial charge in [-0.05, 0) is 87.5 Å². The van der Waals surface area contributed by atoms with E-state index in [-0.39, 0.29) is 29.3 Å². The lowest BCUT2D eigenvalue weighted by atomic mass is 9.80. The zero-order chi connectivity index (χ0) is 29.5. The summed E-state index contributed by atoms with van der Waals surface area (Å²) in [6.07, 6.45) is 4.89. The summed E-state index contributed by atoms with van der Waals surface area (Å²) >= 11 is 0. The zero-order valence-corrected chi connectivity index (χ0v) is 24.4. The van der Waals surface area contributed by atoms with Gasteiger partial charge in [-0.15, -0.1) is 0 Å². The second-order valence-electron chi connectivity index (χ2n) is 12.7. The predicted octanol–water partition coefficient (Wildman–Crippen LogP) is 4.95. The molecular formula is C32H40FN5O3. The minimum atomic E-state index is -0.525. The number of benzene rings is 2. The Kier molecular flexibility index (Phi) is 7.92. The first-order valence-corrected chi connectivity index (χ1v) is 14.4. The van der Waals surface area contributed by atoms with E-state index in [1.165, 1.54) is 12.1 Å². The third-order valence-corrected chi connectivity index (χ3v) is 8.37. The highest BCUT2D eigenvalue weighted by Gasteiger charge is 2.35. The van der Waals surface area contributed by atoms with Crippen LogP contribution in [0.4, 0.5) is 10.1 Å². The maximum absolute atomic E-state index is 14.3. The van der Waals surface area contributed by atoms with Crippen molar-refractivity contribution in [2.75, 3.05) is 26.0 Å². The number of carbonyl (C=O) groups is 3. The van der Waals surface area contributed by atoms with E-state index in [1.807, 2.05) is 31.1 Å². The van der Waals surface area contributed by atoms with Crippen LogP contribution in [0.1, 0.15) is 73.2 Å². The summed E-state index contributed by atoms with van der Waals surface area (Å²) in [4.78, 5) is 39.9. The molecule has 0 saturated heterocycles. The Morgan fingerprint density at radius 2 is 1.76 bits per heavy atom. The van der Waals surface area contributed by atoms with Gasteiger partial charge in [0.1, 0.15) is 5.82 Å². The molecule has 1 aromatic heterocycles. The van der Waals surface area contributed by atoms with Crippen molar-refractivity contribution >= 4 is 34.3 Å². The molecule has 3 aromatic rings. The smallest absolute Gasteiger partial charge is 0.250 e. The number of aromatic nitrogens is 1. The van der Waals surface area contributed by atoms with Crippen LogP contribution >= 0.6 is 0 Å². The monoisotopic (exact) mass is 561 g/mol. The maximum atomic E-state index is 14.3. The van der Waals surface area contributed by atoms with Gasteiger partial charge in [-0.1, -0.05) is 19.9 Å². The summed E-state index contributed by atoms with van der Waals surface area (Å²) in [5.74, 6) is -0.889. The van der Waals surface area contributed by atoms with E-state index < -0.39 is 11.7 Å². The van der Waals surface area contributed by atoms with Crippen LogP contribution < -0.4 is 16.4 Å². The van der Waals surface area contributed by atoms with E-state index in [0.717, 1.165) is 54.4 Å². The topological polar surface area (TPSA) is 109 Å². The average Bonchev–Trinajstić information content (AvgIpc) is 3.20. The average molecular weight is 562 g/mol. The molecule has 0 unspecified atom stereocenters. The van der Waals surface area contributed by atoms with Gasteiger partial charge in [0.05, 0.1) is 11.1 Å². The number of amides is 2. The number of primary amides is 1. The highest BCUT2D eigenvalue weighted by Crippen LogP contribution is 2.43. The van der Waals surface area contributed by atoms with Gasteiger partial charge in [0.2, 0.25) is 11.8 Å². The van der Waals surface area contributed by atoms with Crippen LogP contribution in [-0.4, -0.2) is 59.9 Å². The van der Waals surface area contributed by atoms with Gasteiger partial charge in [0.15, 0.2) is 0 Å². The fourth-order valence-corrected chi connectivity index (χ4v) is 6.35. The van der Waals surface area contributed by atoms with Crippen molar-refractivity contribution in [1.29, 1.82) is 0 Å². The second kappa shape index (κ2) is 11.3. The molecule has 5 rings (SSSR count). The minimum absolute atomic E-state index is 0.0456. The molecule has 218 valence electrons. The number of fused-ring (bicyclic) bond motifs is 3. The first-order chi connectivity index (χ1) is 19.4. The summed E-state index contributed by atoms with van der Waals surface area (Å²) in [5.41, 5.74) is 9.72. The first kappa shape index (κ1) is 28.8. The quantitative estimate of drug-likeness (QED) is 0.361. The van der Waals surface area contributed by atoms with Crippen LogP contribution in [0, 0.1) is 11.2 Å². The van der Waals surface area contributed by atoms with Crippen molar-refractivity contribution in [1.82, 2.24) is 14.8 Å². The minimum Gasteiger partial charge on any atom is -0.382 e. The lowest BCUT2D eigenvalue weighted by Gasteiger charge is -2.31. The molecule has 0 atom stereocenters. The molecule has 41 heavy (non-hydrogen) atoms. The Morgan fingerprint density at radius 3 is 2.44 bits per heavy atom. The molecule has 0 bridgehead atoms. The second-order valence-corrected chi connectivity index (χ2v) is 12.7. The van der Waals surface area contributed by atoms with E-state index in [9.17, 15) is 18.8 Å². The van der Waals surface area contributed by atoms with E-state index in [0.29, 0.717) is 36.0 Å². The number of nitrogens with one attached hydrogen (secondary N) is 2. The van der Waals surface area contributed by atoms with Gasteiger partial charge >= 0.3 is 0 Å². The van der Waals surface area contributed by atoms with E-state index >= 15 is 0 Å². The Morgan fingerprint density at radius 1 is 1.05 bits per heavy atom. The molecule has 2 aliphatic rings. The van der Waals surface area contributed by atoms with Crippen LogP contribution in [0.3, 0.4) is 0 Å². The molecule has 4 N–H and O–H groups in total. The van der Waals surface area contributed by atoms with E-state index in [1.54, 1.807) is 16.7 Å². The molecule has 1 saturated carbocycles. The summed E-state index contributed by atoms with van der Waals surface area (Å²) in [6.45, 7) is 4.86.